The van der Waals surface area contributed by atoms with Crippen LogP contribution in [0.4, 0.5) is 4.39 Å². The molecule has 0 amide bonds. The number of ether oxygens (including phenoxy) is 1. The molecule has 1 aromatic carbocycles. The second-order valence-corrected chi connectivity index (χ2v) is 5.49. The van der Waals surface area contributed by atoms with Crippen LogP contribution in [0.5, 0.6) is 5.75 Å². The molecule has 5 nitrogen and oxygen atoms in total. The van der Waals surface area contributed by atoms with Crippen molar-refractivity contribution in [2.75, 3.05) is 21.2 Å². The van der Waals surface area contributed by atoms with Gasteiger partial charge in [0.15, 0.2) is 17.5 Å². The molecule has 128 valence electrons. The monoisotopic (exact) mass is 330 g/mol. The first-order valence-corrected chi connectivity index (χ1v) is 7.70. The molecular formula is C18H23FN4O. The van der Waals surface area contributed by atoms with E-state index >= 15 is 0 Å². The van der Waals surface area contributed by atoms with Gasteiger partial charge in [0.1, 0.15) is 0 Å². The van der Waals surface area contributed by atoms with Crippen molar-refractivity contribution in [2.45, 2.75) is 20.0 Å². The summed E-state index contributed by atoms with van der Waals surface area (Å²) in [5.41, 5.74) is 2.94. The highest BCUT2D eigenvalue weighted by Crippen LogP contribution is 2.18. The lowest BCUT2D eigenvalue weighted by atomic mass is 10.2. The van der Waals surface area contributed by atoms with Crippen LogP contribution in [0.1, 0.15) is 16.8 Å². The zero-order valence-electron chi connectivity index (χ0n) is 14.5. The molecule has 0 bridgehead atoms. The Morgan fingerprint density at radius 2 is 2.17 bits per heavy atom. The van der Waals surface area contributed by atoms with E-state index in [0.29, 0.717) is 13.1 Å². The SMILES string of the molecule is CN=C(NCc1ncccc1C)N(C)Cc1ccc(OC)c(F)c1. The zero-order chi connectivity index (χ0) is 17.5. The fourth-order valence-corrected chi connectivity index (χ4v) is 2.41. The van der Waals surface area contributed by atoms with Gasteiger partial charge in [0, 0.05) is 26.8 Å². The van der Waals surface area contributed by atoms with Gasteiger partial charge in [0.05, 0.1) is 19.3 Å². The maximum Gasteiger partial charge on any atom is 0.194 e. The topological polar surface area (TPSA) is 49.8 Å². The van der Waals surface area contributed by atoms with Gasteiger partial charge in [-0.25, -0.2) is 4.39 Å². The summed E-state index contributed by atoms with van der Waals surface area (Å²) in [6.07, 6.45) is 1.77. The summed E-state index contributed by atoms with van der Waals surface area (Å²) < 4.78 is 18.7. The van der Waals surface area contributed by atoms with Gasteiger partial charge >= 0.3 is 0 Å². The highest BCUT2D eigenvalue weighted by atomic mass is 19.1. The highest BCUT2D eigenvalue weighted by Gasteiger charge is 2.10. The van der Waals surface area contributed by atoms with Crippen LogP contribution in [-0.2, 0) is 13.1 Å². The Balaban J connectivity index is 2.00. The van der Waals surface area contributed by atoms with Crippen LogP contribution in [0.2, 0.25) is 0 Å². The summed E-state index contributed by atoms with van der Waals surface area (Å²) in [6, 6.07) is 8.89. The van der Waals surface area contributed by atoms with E-state index in [4.69, 9.17) is 4.74 Å². The van der Waals surface area contributed by atoms with Crippen molar-refractivity contribution in [1.82, 2.24) is 15.2 Å². The largest absolute Gasteiger partial charge is 0.494 e. The minimum absolute atomic E-state index is 0.245. The molecular weight excluding hydrogens is 307 g/mol. The Labute approximate surface area is 142 Å². The molecule has 0 atom stereocenters. The number of halogens is 1. The summed E-state index contributed by atoms with van der Waals surface area (Å²) in [5, 5.41) is 3.28. The van der Waals surface area contributed by atoms with Crippen LogP contribution >= 0.6 is 0 Å². The van der Waals surface area contributed by atoms with Crippen molar-refractivity contribution < 1.29 is 9.13 Å². The molecule has 1 aromatic heterocycles. The smallest absolute Gasteiger partial charge is 0.194 e. The maximum absolute atomic E-state index is 13.8. The molecule has 0 radical (unpaired) electrons. The van der Waals surface area contributed by atoms with Gasteiger partial charge in [-0.15, -0.1) is 0 Å². The average Bonchev–Trinajstić information content (AvgIpc) is 2.57. The quantitative estimate of drug-likeness (QED) is 0.676. The van der Waals surface area contributed by atoms with E-state index in [9.17, 15) is 4.39 Å². The third-order valence-corrected chi connectivity index (χ3v) is 3.74. The summed E-state index contributed by atoms with van der Waals surface area (Å²) in [4.78, 5) is 10.6. The van der Waals surface area contributed by atoms with Crippen LogP contribution in [0, 0.1) is 12.7 Å². The standard InChI is InChI=1S/C18H23FN4O/c1-13-6-5-9-21-16(13)11-22-18(20-2)23(3)12-14-7-8-17(24-4)15(19)10-14/h5-10H,11-12H2,1-4H3,(H,20,22). The van der Waals surface area contributed by atoms with Crippen LogP contribution < -0.4 is 10.1 Å². The molecule has 24 heavy (non-hydrogen) atoms. The predicted molar refractivity (Wildman–Crippen MR) is 93.6 cm³/mol. The number of nitrogens with one attached hydrogen (secondary N) is 1. The maximum atomic E-state index is 13.8. The molecule has 0 unspecified atom stereocenters. The summed E-state index contributed by atoms with van der Waals surface area (Å²) in [7, 11) is 5.08. The fourth-order valence-electron chi connectivity index (χ4n) is 2.41. The Kier molecular flexibility index (Phi) is 6.12. The second kappa shape index (κ2) is 8.29. The van der Waals surface area contributed by atoms with Gasteiger partial charge < -0.3 is 15.0 Å². The number of nitrogens with zero attached hydrogens (tertiary/aromatic N) is 3. The number of pyridine rings is 1. The number of aliphatic imine (C=N–C) groups is 1. The van der Waals surface area contributed by atoms with E-state index in [1.807, 2.05) is 37.1 Å². The molecule has 1 heterocycles. The first-order chi connectivity index (χ1) is 11.5. The lowest BCUT2D eigenvalue weighted by Crippen LogP contribution is -2.38. The molecule has 2 rings (SSSR count). The molecule has 0 saturated carbocycles. The number of benzene rings is 1. The molecule has 6 heteroatoms. The summed E-state index contributed by atoms with van der Waals surface area (Å²) >= 11 is 0. The van der Waals surface area contributed by atoms with Crippen molar-refractivity contribution in [1.29, 1.82) is 0 Å². The zero-order valence-corrected chi connectivity index (χ0v) is 14.5. The van der Waals surface area contributed by atoms with Crippen molar-refractivity contribution in [3.05, 3.63) is 59.2 Å². The second-order valence-electron chi connectivity index (χ2n) is 5.49. The lowest BCUT2D eigenvalue weighted by molar-refractivity contribution is 0.385. The molecule has 0 aliphatic rings. The number of methoxy groups -OCH3 is 1. The van der Waals surface area contributed by atoms with Crippen molar-refractivity contribution >= 4 is 5.96 Å². The first kappa shape index (κ1) is 17.7. The molecule has 0 aliphatic carbocycles. The molecule has 1 N–H and O–H groups in total. The molecule has 0 fully saturated rings. The normalized spacial score (nSPS) is 11.3. The Bertz CT molecular complexity index is 718. The number of hydrogen-bond acceptors (Lipinski definition) is 3. The van der Waals surface area contributed by atoms with E-state index in [0.717, 1.165) is 22.8 Å². The van der Waals surface area contributed by atoms with Crippen LogP contribution in [-0.4, -0.2) is 37.0 Å². The number of guanidine groups is 1. The van der Waals surface area contributed by atoms with E-state index < -0.39 is 0 Å². The van der Waals surface area contributed by atoms with Gasteiger partial charge in [-0.2, -0.15) is 0 Å². The number of rotatable bonds is 5. The Morgan fingerprint density at radius 1 is 1.38 bits per heavy atom. The highest BCUT2D eigenvalue weighted by molar-refractivity contribution is 5.79. The molecule has 2 aromatic rings. The summed E-state index contributed by atoms with van der Waals surface area (Å²) in [5.74, 6) is 0.598. The Morgan fingerprint density at radius 3 is 2.79 bits per heavy atom. The predicted octanol–water partition coefficient (Wildman–Crippen LogP) is 2.75. The van der Waals surface area contributed by atoms with Crippen molar-refractivity contribution in [3.8, 4) is 5.75 Å². The van der Waals surface area contributed by atoms with E-state index in [-0.39, 0.29) is 11.6 Å². The van der Waals surface area contributed by atoms with E-state index in [1.54, 1.807) is 19.3 Å². The third kappa shape index (κ3) is 4.44. The van der Waals surface area contributed by atoms with E-state index in [2.05, 4.69) is 15.3 Å². The van der Waals surface area contributed by atoms with Gasteiger partial charge in [-0.1, -0.05) is 12.1 Å². The lowest BCUT2D eigenvalue weighted by Gasteiger charge is -2.22. The Hall–Kier alpha value is -2.63. The number of hydrogen-bond donors (Lipinski definition) is 1. The fraction of sp³-hybridized carbons (Fsp3) is 0.333. The third-order valence-electron chi connectivity index (χ3n) is 3.74. The molecule has 0 saturated heterocycles. The number of aryl methyl sites for hydroxylation is 1. The van der Waals surface area contributed by atoms with Crippen molar-refractivity contribution in [2.24, 2.45) is 4.99 Å². The molecule has 0 aliphatic heterocycles. The van der Waals surface area contributed by atoms with Crippen LogP contribution in [0.25, 0.3) is 0 Å². The van der Waals surface area contributed by atoms with Gasteiger partial charge in [-0.05, 0) is 36.2 Å². The van der Waals surface area contributed by atoms with Gasteiger partial charge in [0.2, 0.25) is 0 Å². The minimum atomic E-state index is -0.365. The average molecular weight is 330 g/mol. The van der Waals surface area contributed by atoms with Gasteiger partial charge in [0.25, 0.3) is 0 Å². The van der Waals surface area contributed by atoms with Crippen LogP contribution in [0.3, 0.4) is 0 Å². The van der Waals surface area contributed by atoms with Crippen molar-refractivity contribution in [3.63, 3.8) is 0 Å². The number of aromatic nitrogens is 1. The molecule has 0 spiro atoms. The van der Waals surface area contributed by atoms with E-state index in [1.165, 1.54) is 13.2 Å². The summed E-state index contributed by atoms with van der Waals surface area (Å²) in [6.45, 7) is 3.14. The minimum Gasteiger partial charge on any atom is -0.494 e. The first-order valence-electron chi connectivity index (χ1n) is 7.70. The van der Waals surface area contributed by atoms with Gasteiger partial charge in [-0.3, -0.25) is 9.98 Å². The van der Waals surface area contributed by atoms with Crippen LogP contribution in [0.15, 0.2) is 41.5 Å².